The van der Waals surface area contributed by atoms with Gasteiger partial charge in [-0.1, -0.05) is 41.4 Å². The van der Waals surface area contributed by atoms with Gasteiger partial charge in [0.05, 0.1) is 5.69 Å². The maximum absolute atomic E-state index is 12.7. The molecule has 3 aromatic carbocycles. The van der Waals surface area contributed by atoms with Crippen LogP contribution in [0.25, 0.3) is 0 Å². The zero-order valence-corrected chi connectivity index (χ0v) is 18.8. The van der Waals surface area contributed by atoms with Crippen LogP contribution in [0.15, 0.2) is 60.7 Å². The van der Waals surface area contributed by atoms with E-state index in [4.69, 9.17) is 27.9 Å². The summed E-state index contributed by atoms with van der Waals surface area (Å²) in [5.41, 5.74) is 3.62. The van der Waals surface area contributed by atoms with Crippen LogP contribution in [0.4, 0.5) is 11.4 Å². The highest BCUT2D eigenvalue weighted by Gasteiger charge is 2.18. The minimum Gasteiger partial charge on any atom is -0.479 e. The predicted molar refractivity (Wildman–Crippen MR) is 125 cm³/mol. The second kappa shape index (κ2) is 9.86. The molecule has 2 amide bonds. The minimum atomic E-state index is -0.836. The lowest BCUT2D eigenvalue weighted by atomic mass is 10.1. The average Bonchev–Trinajstić information content (AvgIpc) is 2.70. The molecule has 160 valence electrons. The summed E-state index contributed by atoms with van der Waals surface area (Å²) in [6.07, 6.45) is -0.836. The highest BCUT2D eigenvalue weighted by Crippen LogP contribution is 2.27. The zero-order valence-electron chi connectivity index (χ0n) is 17.3. The van der Waals surface area contributed by atoms with Crippen LogP contribution < -0.4 is 15.4 Å². The Labute approximate surface area is 191 Å². The summed E-state index contributed by atoms with van der Waals surface area (Å²) in [5, 5.41) is 6.40. The number of aryl methyl sites for hydroxylation is 2. The fourth-order valence-electron chi connectivity index (χ4n) is 2.86. The molecule has 0 aromatic heterocycles. The normalized spacial score (nSPS) is 11.5. The quantitative estimate of drug-likeness (QED) is 0.459. The lowest BCUT2D eigenvalue weighted by Gasteiger charge is -2.18. The van der Waals surface area contributed by atoms with Gasteiger partial charge in [-0.15, -0.1) is 0 Å². The standard InChI is InChI=1S/C24H22Cl2N2O3/c1-14-8-9-17(10-15(14)2)24(30)28-21-6-4-5-7-22(21)31-16(3)23(29)27-20-12-18(25)11-19(26)13-20/h4-13,16H,1-3H3,(H,27,29)(H,28,30). The minimum absolute atomic E-state index is 0.259. The number of hydrogen-bond acceptors (Lipinski definition) is 3. The number of ether oxygens (including phenoxy) is 1. The molecule has 1 unspecified atom stereocenters. The summed E-state index contributed by atoms with van der Waals surface area (Å²) < 4.78 is 5.83. The SMILES string of the molecule is Cc1ccc(C(=O)Nc2ccccc2OC(C)C(=O)Nc2cc(Cl)cc(Cl)c2)cc1C. The van der Waals surface area contributed by atoms with E-state index >= 15 is 0 Å². The highest BCUT2D eigenvalue weighted by molar-refractivity contribution is 6.35. The molecule has 0 aliphatic carbocycles. The molecule has 1 atom stereocenters. The maximum Gasteiger partial charge on any atom is 0.265 e. The lowest BCUT2D eigenvalue weighted by Crippen LogP contribution is -2.30. The predicted octanol–water partition coefficient (Wildman–Crippen LogP) is 6.27. The molecule has 0 saturated heterocycles. The van der Waals surface area contributed by atoms with Crippen molar-refractivity contribution < 1.29 is 14.3 Å². The van der Waals surface area contributed by atoms with Crippen LogP contribution in [-0.2, 0) is 4.79 Å². The Morgan fingerprint density at radius 1 is 0.871 bits per heavy atom. The Kier molecular flexibility index (Phi) is 7.21. The maximum atomic E-state index is 12.7. The second-order valence-corrected chi connectivity index (χ2v) is 8.03. The van der Waals surface area contributed by atoms with Gasteiger partial charge in [-0.2, -0.15) is 0 Å². The molecule has 0 saturated carbocycles. The summed E-state index contributed by atoms with van der Waals surface area (Å²) >= 11 is 11.9. The van der Waals surface area contributed by atoms with Crippen LogP contribution in [0, 0.1) is 13.8 Å². The first-order valence-corrected chi connectivity index (χ1v) is 10.4. The first-order valence-electron chi connectivity index (χ1n) is 9.64. The zero-order chi connectivity index (χ0) is 22.5. The van der Waals surface area contributed by atoms with Crippen molar-refractivity contribution in [2.24, 2.45) is 0 Å². The van der Waals surface area contributed by atoms with E-state index in [1.54, 1.807) is 55.5 Å². The number of para-hydroxylation sites is 2. The summed E-state index contributed by atoms with van der Waals surface area (Å²) in [4.78, 5) is 25.2. The molecule has 3 aromatic rings. The molecule has 31 heavy (non-hydrogen) atoms. The number of hydrogen-bond donors (Lipinski definition) is 2. The molecule has 2 N–H and O–H groups in total. The van der Waals surface area contributed by atoms with Crippen molar-refractivity contribution in [3.05, 3.63) is 87.4 Å². The average molecular weight is 457 g/mol. The summed E-state index contributed by atoms with van der Waals surface area (Å²) in [6.45, 7) is 5.56. The smallest absolute Gasteiger partial charge is 0.265 e. The Morgan fingerprint density at radius 3 is 2.23 bits per heavy atom. The molecule has 0 fully saturated rings. The molecule has 0 spiro atoms. The molecular formula is C24H22Cl2N2O3. The molecule has 0 heterocycles. The number of amides is 2. The molecule has 0 aliphatic rings. The Bertz CT molecular complexity index is 1110. The van der Waals surface area contributed by atoms with Gasteiger partial charge in [-0.3, -0.25) is 9.59 Å². The number of nitrogens with one attached hydrogen (secondary N) is 2. The number of halogens is 2. The van der Waals surface area contributed by atoms with Gasteiger partial charge >= 0.3 is 0 Å². The van der Waals surface area contributed by atoms with Gasteiger partial charge < -0.3 is 15.4 Å². The van der Waals surface area contributed by atoms with Gasteiger partial charge in [0.25, 0.3) is 11.8 Å². The van der Waals surface area contributed by atoms with E-state index < -0.39 is 6.10 Å². The summed E-state index contributed by atoms with van der Waals surface area (Å²) in [5.74, 6) is -0.259. The number of anilines is 2. The van der Waals surface area contributed by atoms with Gasteiger partial charge in [0, 0.05) is 21.3 Å². The van der Waals surface area contributed by atoms with Crippen molar-refractivity contribution in [3.63, 3.8) is 0 Å². The number of carbonyl (C=O) groups excluding carboxylic acids is 2. The monoisotopic (exact) mass is 456 g/mol. The van der Waals surface area contributed by atoms with Crippen molar-refractivity contribution in [3.8, 4) is 5.75 Å². The van der Waals surface area contributed by atoms with Crippen LogP contribution in [-0.4, -0.2) is 17.9 Å². The van der Waals surface area contributed by atoms with Gasteiger partial charge in [-0.05, 0) is 74.4 Å². The Hall–Kier alpha value is -3.02. The van der Waals surface area contributed by atoms with Gasteiger partial charge in [0.2, 0.25) is 0 Å². The first kappa shape index (κ1) is 22.7. The first-order chi connectivity index (χ1) is 14.7. The van der Waals surface area contributed by atoms with Crippen LogP contribution in [0.2, 0.25) is 10.0 Å². The van der Waals surface area contributed by atoms with E-state index in [1.807, 2.05) is 26.0 Å². The topological polar surface area (TPSA) is 67.4 Å². The molecule has 0 aliphatic heterocycles. The number of rotatable bonds is 6. The van der Waals surface area contributed by atoms with Crippen molar-refractivity contribution in [2.75, 3.05) is 10.6 Å². The lowest BCUT2D eigenvalue weighted by molar-refractivity contribution is -0.122. The van der Waals surface area contributed by atoms with E-state index in [0.29, 0.717) is 32.7 Å². The van der Waals surface area contributed by atoms with Crippen molar-refractivity contribution >= 4 is 46.4 Å². The third-order valence-electron chi connectivity index (χ3n) is 4.71. The Morgan fingerprint density at radius 2 is 1.55 bits per heavy atom. The number of benzene rings is 3. The van der Waals surface area contributed by atoms with E-state index in [1.165, 1.54) is 0 Å². The molecule has 0 radical (unpaired) electrons. The second-order valence-electron chi connectivity index (χ2n) is 7.16. The largest absolute Gasteiger partial charge is 0.479 e. The highest BCUT2D eigenvalue weighted by atomic mass is 35.5. The fourth-order valence-corrected chi connectivity index (χ4v) is 3.39. The van der Waals surface area contributed by atoms with Crippen LogP contribution >= 0.6 is 23.2 Å². The molecular weight excluding hydrogens is 435 g/mol. The van der Waals surface area contributed by atoms with Crippen molar-refractivity contribution in [2.45, 2.75) is 26.9 Å². The van der Waals surface area contributed by atoms with E-state index in [-0.39, 0.29) is 11.8 Å². The molecule has 0 bridgehead atoms. The molecule has 3 rings (SSSR count). The van der Waals surface area contributed by atoms with Gasteiger partial charge in [0.1, 0.15) is 5.75 Å². The third-order valence-corrected chi connectivity index (χ3v) is 5.14. The van der Waals surface area contributed by atoms with E-state index in [2.05, 4.69) is 10.6 Å². The van der Waals surface area contributed by atoms with Crippen LogP contribution in [0.3, 0.4) is 0 Å². The van der Waals surface area contributed by atoms with Crippen LogP contribution in [0.1, 0.15) is 28.4 Å². The van der Waals surface area contributed by atoms with Crippen LogP contribution in [0.5, 0.6) is 5.75 Å². The van der Waals surface area contributed by atoms with Crippen molar-refractivity contribution in [1.82, 2.24) is 0 Å². The third kappa shape index (κ3) is 6.00. The fraction of sp³-hybridized carbons (Fsp3) is 0.167. The van der Waals surface area contributed by atoms with Crippen molar-refractivity contribution in [1.29, 1.82) is 0 Å². The Balaban J connectivity index is 1.71. The van der Waals surface area contributed by atoms with Gasteiger partial charge in [0.15, 0.2) is 6.10 Å². The van der Waals surface area contributed by atoms with Gasteiger partial charge in [-0.25, -0.2) is 0 Å². The van der Waals surface area contributed by atoms with E-state index in [0.717, 1.165) is 11.1 Å². The summed E-state index contributed by atoms with van der Waals surface area (Å²) in [6, 6.07) is 17.2. The molecule has 5 nitrogen and oxygen atoms in total. The molecule has 7 heteroatoms. The summed E-state index contributed by atoms with van der Waals surface area (Å²) in [7, 11) is 0. The number of carbonyl (C=O) groups is 2. The van der Waals surface area contributed by atoms with E-state index in [9.17, 15) is 9.59 Å².